The van der Waals surface area contributed by atoms with Crippen LogP contribution in [0.4, 0.5) is 11.6 Å². The molecule has 0 spiro atoms. The van der Waals surface area contributed by atoms with Gasteiger partial charge in [0.1, 0.15) is 0 Å². The minimum atomic E-state index is 0.693. The topological polar surface area (TPSA) is 53.1 Å². The summed E-state index contributed by atoms with van der Waals surface area (Å²) in [5.74, 6) is 2.47. The number of aromatic nitrogens is 2. The molecule has 0 radical (unpaired) electrons. The molecule has 106 valence electrons. The highest BCUT2D eigenvalue weighted by molar-refractivity contribution is 5.80. The molecule has 1 saturated heterocycles. The fourth-order valence-corrected chi connectivity index (χ4v) is 2.77. The molecule has 1 aromatic heterocycles. The van der Waals surface area contributed by atoms with Gasteiger partial charge in [0.15, 0.2) is 11.6 Å². The van der Waals surface area contributed by atoms with E-state index in [0.29, 0.717) is 5.92 Å². The molecule has 1 unspecified atom stereocenters. The lowest BCUT2D eigenvalue weighted by Gasteiger charge is -2.23. The smallest absolute Gasteiger partial charge is 0.172 e. The standard InChI is InChI=1S/C15H21N5/c1-16-14-15(20(2)10-11-7-8-17-9-11)19-13-6-4-3-5-12(13)18-14/h3-6,11,17H,7-10H2,1-2H3,(H,16,18). The van der Waals surface area contributed by atoms with Crippen molar-refractivity contribution in [2.45, 2.75) is 6.42 Å². The predicted octanol–water partition coefficient (Wildman–Crippen LogP) is 1.72. The van der Waals surface area contributed by atoms with E-state index in [2.05, 4.69) is 27.6 Å². The van der Waals surface area contributed by atoms with E-state index in [-0.39, 0.29) is 0 Å². The van der Waals surface area contributed by atoms with Crippen LogP contribution in [-0.4, -0.2) is 43.7 Å². The van der Waals surface area contributed by atoms with E-state index in [0.717, 1.165) is 42.3 Å². The molecule has 2 aromatic rings. The highest BCUT2D eigenvalue weighted by Gasteiger charge is 2.19. The first kappa shape index (κ1) is 13.1. The molecule has 1 aliphatic rings. The monoisotopic (exact) mass is 271 g/mol. The first-order valence-electron chi connectivity index (χ1n) is 7.14. The predicted molar refractivity (Wildman–Crippen MR) is 83.3 cm³/mol. The number of anilines is 2. The third-order valence-electron chi connectivity index (χ3n) is 3.84. The summed E-state index contributed by atoms with van der Waals surface area (Å²) in [7, 11) is 3.99. The number of rotatable bonds is 4. The van der Waals surface area contributed by atoms with Crippen LogP contribution in [0.3, 0.4) is 0 Å². The van der Waals surface area contributed by atoms with E-state index < -0.39 is 0 Å². The number of nitrogens with one attached hydrogen (secondary N) is 2. The Morgan fingerprint density at radius 2 is 2.05 bits per heavy atom. The fraction of sp³-hybridized carbons (Fsp3) is 0.467. The molecule has 1 atom stereocenters. The Morgan fingerprint density at radius 3 is 2.70 bits per heavy atom. The van der Waals surface area contributed by atoms with E-state index in [1.54, 1.807) is 0 Å². The van der Waals surface area contributed by atoms with E-state index >= 15 is 0 Å². The Labute approximate surface area is 119 Å². The maximum absolute atomic E-state index is 4.77. The van der Waals surface area contributed by atoms with Crippen molar-refractivity contribution in [3.63, 3.8) is 0 Å². The number of para-hydroxylation sites is 2. The summed E-state index contributed by atoms with van der Waals surface area (Å²) in [6.45, 7) is 3.23. The Bertz CT molecular complexity index is 592. The summed E-state index contributed by atoms with van der Waals surface area (Å²) in [4.78, 5) is 11.6. The molecule has 0 aliphatic carbocycles. The van der Waals surface area contributed by atoms with Crippen molar-refractivity contribution in [2.75, 3.05) is 43.9 Å². The summed E-state index contributed by atoms with van der Waals surface area (Å²) < 4.78 is 0. The van der Waals surface area contributed by atoms with Crippen LogP contribution in [-0.2, 0) is 0 Å². The summed E-state index contributed by atoms with van der Waals surface area (Å²) in [5.41, 5.74) is 1.87. The largest absolute Gasteiger partial charge is 0.370 e. The van der Waals surface area contributed by atoms with Gasteiger partial charge in [0.05, 0.1) is 11.0 Å². The van der Waals surface area contributed by atoms with Crippen LogP contribution in [0.25, 0.3) is 11.0 Å². The average Bonchev–Trinajstić information content (AvgIpc) is 2.98. The zero-order valence-electron chi connectivity index (χ0n) is 12.1. The van der Waals surface area contributed by atoms with Gasteiger partial charge in [-0.15, -0.1) is 0 Å². The van der Waals surface area contributed by atoms with Gasteiger partial charge in [-0.05, 0) is 37.6 Å². The van der Waals surface area contributed by atoms with Crippen LogP contribution in [0.15, 0.2) is 24.3 Å². The zero-order valence-corrected chi connectivity index (χ0v) is 12.1. The minimum absolute atomic E-state index is 0.693. The first-order valence-corrected chi connectivity index (χ1v) is 7.14. The van der Waals surface area contributed by atoms with Crippen LogP contribution in [0.2, 0.25) is 0 Å². The summed E-state index contributed by atoms with van der Waals surface area (Å²) >= 11 is 0. The van der Waals surface area contributed by atoms with E-state index in [1.807, 2.05) is 31.3 Å². The van der Waals surface area contributed by atoms with Crippen molar-refractivity contribution in [1.82, 2.24) is 15.3 Å². The molecule has 2 heterocycles. The second-order valence-corrected chi connectivity index (χ2v) is 5.37. The van der Waals surface area contributed by atoms with Gasteiger partial charge in [-0.2, -0.15) is 0 Å². The van der Waals surface area contributed by atoms with E-state index in [9.17, 15) is 0 Å². The molecule has 5 nitrogen and oxygen atoms in total. The Kier molecular flexibility index (Phi) is 3.69. The molecule has 0 saturated carbocycles. The van der Waals surface area contributed by atoms with Gasteiger partial charge >= 0.3 is 0 Å². The van der Waals surface area contributed by atoms with Crippen molar-refractivity contribution in [2.24, 2.45) is 5.92 Å². The number of hydrogen-bond donors (Lipinski definition) is 2. The Hall–Kier alpha value is -1.88. The quantitative estimate of drug-likeness (QED) is 0.887. The lowest BCUT2D eigenvalue weighted by atomic mass is 10.1. The van der Waals surface area contributed by atoms with Crippen LogP contribution < -0.4 is 15.5 Å². The van der Waals surface area contributed by atoms with Gasteiger partial charge in [0, 0.05) is 20.6 Å². The van der Waals surface area contributed by atoms with Gasteiger partial charge in [-0.1, -0.05) is 12.1 Å². The third kappa shape index (κ3) is 2.54. The van der Waals surface area contributed by atoms with Crippen molar-refractivity contribution in [1.29, 1.82) is 0 Å². The maximum atomic E-state index is 4.77. The third-order valence-corrected chi connectivity index (χ3v) is 3.84. The number of hydrogen-bond acceptors (Lipinski definition) is 5. The van der Waals surface area contributed by atoms with Crippen molar-refractivity contribution in [3.8, 4) is 0 Å². The van der Waals surface area contributed by atoms with Crippen LogP contribution in [0, 0.1) is 5.92 Å². The molecule has 1 aromatic carbocycles. The molecule has 3 rings (SSSR count). The van der Waals surface area contributed by atoms with Gasteiger partial charge in [-0.25, -0.2) is 9.97 Å². The number of fused-ring (bicyclic) bond motifs is 1. The van der Waals surface area contributed by atoms with Crippen LogP contribution in [0.5, 0.6) is 0 Å². The lowest BCUT2D eigenvalue weighted by molar-refractivity contribution is 0.576. The van der Waals surface area contributed by atoms with Gasteiger partial charge in [0.25, 0.3) is 0 Å². The first-order chi connectivity index (χ1) is 9.78. The Morgan fingerprint density at radius 1 is 1.30 bits per heavy atom. The number of benzene rings is 1. The summed E-state index contributed by atoms with van der Waals surface area (Å²) in [5, 5.41) is 6.57. The molecule has 20 heavy (non-hydrogen) atoms. The molecule has 1 aliphatic heterocycles. The fourth-order valence-electron chi connectivity index (χ4n) is 2.77. The highest BCUT2D eigenvalue weighted by atomic mass is 15.2. The minimum Gasteiger partial charge on any atom is -0.370 e. The second-order valence-electron chi connectivity index (χ2n) is 5.37. The van der Waals surface area contributed by atoms with Gasteiger partial charge in [-0.3, -0.25) is 0 Å². The molecular formula is C15H21N5. The van der Waals surface area contributed by atoms with Gasteiger partial charge in [0.2, 0.25) is 0 Å². The summed E-state index contributed by atoms with van der Waals surface area (Å²) in [6, 6.07) is 7.99. The van der Waals surface area contributed by atoms with Crippen molar-refractivity contribution >= 4 is 22.7 Å². The molecule has 5 heteroatoms. The average molecular weight is 271 g/mol. The molecule has 2 N–H and O–H groups in total. The number of nitrogens with zero attached hydrogens (tertiary/aromatic N) is 3. The van der Waals surface area contributed by atoms with E-state index in [4.69, 9.17) is 4.98 Å². The van der Waals surface area contributed by atoms with Crippen molar-refractivity contribution < 1.29 is 0 Å². The lowest BCUT2D eigenvalue weighted by Crippen LogP contribution is -2.28. The molecular weight excluding hydrogens is 250 g/mol. The van der Waals surface area contributed by atoms with Crippen molar-refractivity contribution in [3.05, 3.63) is 24.3 Å². The zero-order chi connectivity index (χ0) is 13.9. The Balaban J connectivity index is 1.91. The highest BCUT2D eigenvalue weighted by Crippen LogP contribution is 2.25. The molecule has 0 bridgehead atoms. The molecule has 1 fully saturated rings. The normalized spacial score (nSPS) is 18.4. The van der Waals surface area contributed by atoms with Crippen LogP contribution in [0.1, 0.15) is 6.42 Å². The second kappa shape index (κ2) is 5.63. The SMILES string of the molecule is CNc1nc2ccccc2nc1N(C)CC1CCNC1. The molecule has 0 amide bonds. The van der Waals surface area contributed by atoms with E-state index in [1.165, 1.54) is 6.42 Å². The summed E-state index contributed by atoms with van der Waals surface area (Å²) in [6.07, 6.45) is 1.24. The van der Waals surface area contributed by atoms with Crippen LogP contribution >= 0.6 is 0 Å². The van der Waals surface area contributed by atoms with Gasteiger partial charge < -0.3 is 15.5 Å². The maximum Gasteiger partial charge on any atom is 0.172 e.